The van der Waals surface area contributed by atoms with Gasteiger partial charge < -0.3 is 30.3 Å². The van der Waals surface area contributed by atoms with Gasteiger partial charge >= 0.3 is 0 Å². The van der Waals surface area contributed by atoms with Gasteiger partial charge in [-0.05, 0) is 5.56 Å². The highest BCUT2D eigenvalue weighted by atomic mass is 16.6. The molecule has 0 saturated carbocycles. The van der Waals surface area contributed by atoms with Gasteiger partial charge in [-0.2, -0.15) is 0 Å². The average molecular weight is 256 g/mol. The summed E-state index contributed by atoms with van der Waals surface area (Å²) in [6.07, 6.45) is -6.04. The van der Waals surface area contributed by atoms with Crippen LogP contribution in [0.25, 0.3) is 0 Å². The van der Waals surface area contributed by atoms with E-state index in [4.69, 9.17) is 9.84 Å². The van der Waals surface area contributed by atoms with Crippen LogP contribution in [0.3, 0.4) is 0 Å². The average Bonchev–Trinajstić information content (AvgIpc) is 2.41. The van der Waals surface area contributed by atoms with Crippen LogP contribution in [0, 0.1) is 0 Å². The second-order valence-electron chi connectivity index (χ2n) is 4.34. The molecule has 0 aliphatic carbocycles. The fourth-order valence-electron chi connectivity index (χ4n) is 2.13. The van der Waals surface area contributed by atoms with Crippen molar-refractivity contribution in [2.24, 2.45) is 0 Å². The lowest BCUT2D eigenvalue weighted by Crippen LogP contribution is -2.64. The molecule has 6 nitrogen and oxygen atoms in total. The van der Waals surface area contributed by atoms with Gasteiger partial charge in [0.1, 0.15) is 18.3 Å². The number of benzene rings is 1. The van der Waals surface area contributed by atoms with E-state index in [0.29, 0.717) is 0 Å². The lowest BCUT2D eigenvalue weighted by atomic mass is 9.81. The molecule has 0 radical (unpaired) electrons. The minimum atomic E-state index is -2.13. The molecule has 0 unspecified atom stereocenters. The summed E-state index contributed by atoms with van der Waals surface area (Å²) in [6.45, 7) is -0.569. The molecule has 1 fully saturated rings. The molecule has 0 aromatic heterocycles. The van der Waals surface area contributed by atoms with E-state index in [2.05, 4.69) is 0 Å². The molecular weight excluding hydrogens is 240 g/mol. The molecule has 1 aromatic carbocycles. The zero-order valence-electron chi connectivity index (χ0n) is 9.55. The van der Waals surface area contributed by atoms with Gasteiger partial charge in [-0.25, -0.2) is 0 Å². The number of rotatable bonds is 2. The molecule has 100 valence electrons. The molecule has 1 saturated heterocycles. The Morgan fingerprint density at radius 3 is 2.28 bits per heavy atom. The van der Waals surface area contributed by atoms with Crippen molar-refractivity contribution in [1.82, 2.24) is 0 Å². The first-order valence-corrected chi connectivity index (χ1v) is 5.60. The number of hydrogen-bond acceptors (Lipinski definition) is 6. The normalized spacial score (nSPS) is 40.7. The van der Waals surface area contributed by atoms with E-state index in [-0.39, 0.29) is 5.56 Å². The Kier molecular flexibility index (Phi) is 3.67. The fourth-order valence-corrected chi connectivity index (χ4v) is 2.13. The Labute approximate surface area is 104 Å². The topological polar surface area (TPSA) is 110 Å². The van der Waals surface area contributed by atoms with E-state index in [1.54, 1.807) is 18.2 Å². The van der Waals surface area contributed by atoms with Gasteiger partial charge in [0.2, 0.25) is 0 Å². The van der Waals surface area contributed by atoms with Crippen LogP contribution in [0.4, 0.5) is 0 Å². The summed E-state index contributed by atoms with van der Waals surface area (Å²) in [4.78, 5) is 0. The van der Waals surface area contributed by atoms with Crippen molar-refractivity contribution in [3.05, 3.63) is 35.9 Å². The minimum Gasteiger partial charge on any atom is -0.394 e. The molecular formula is C12H16O6. The molecule has 2 rings (SSSR count). The van der Waals surface area contributed by atoms with E-state index in [0.717, 1.165) is 0 Å². The van der Waals surface area contributed by atoms with Crippen LogP contribution in [-0.4, -0.2) is 56.7 Å². The number of aliphatic hydroxyl groups is 5. The van der Waals surface area contributed by atoms with Gasteiger partial charge in [-0.1, -0.05) is 30.3 Å². The first-order valence-electron chi connectivity index (χ1n) is 5.60. The zero-order valence-corrected chi connectivity index (χ0v) is 9.55. The maximum atomic E-state index is 10.4. The molecule has 6 heteroatoms. The highest BCUT2D eigenvalue weighted by Gasteiger charge is 2.55. The highest BCUT2D eigenvalue weighted by Crippen LogP contribution is 2.36. The SMILES string of the molecule is OC[C@H]1O[C@@H](O)[C@@](O)(c2ccccc2)[C@@H](O)[C@@H]1O. The number of hydrogen-bond donors (Lipinski definition) is 5. The quantitative estimate of drug-likeness (QED) is 0.431. The summed E-state index contributed by atoms with van der Waals surface area (Å²) in [7, 11) is 0. The second kappa shape index (κ2) is 4.93. The molecule has 1 aliphatic heterocycles. The molecule has 1 aliphatic rings. The van der Waals surface area contributed by atoms with Crippen LogP contribution in [0.5, 0.6) is 0 Å². The van der Waals surface area contributed by atoms with E-state index < -0.39 is 36.8 Å². The van der Waals surface area contributed by atoms with Crippen LogP contribution in [0.15, 0.2) is 30.3 Å². The Bertz CT molecular complexity index is 397. The van der Waals surface area contributed by atoms with Gasteiger partial charge in [0.05, 0.1) is 6.61 Å². The molecule has 0 bridgehead atoms. The maximum absolute atomic E-state index is 10.4. The van der Waals surface area contributed by atoms with Crippen molar-refractivity contribution in [3.63, 3.8) is 0 Å². The number of ether oxygens (including phenoxy) is 1. The Morgan fingerprint density at radius 2 is 1.72 bits per heavy atom. The van der Waals surface area contributed by atoms with E-state index >= 15 is 0 Å². The summed E-state index contributed by atoms with van der Waals surface area (Å²) >= 11 is 0. The summed E-state index contributed by atoms with van der Waals surface area (Å²) in [5, 5.41) is 48.9. The molecule has 5 N–H and O–H groups in total. The van der Waals surface area contributed by atoms with E-state index in [9.17, 15) is 20.4 Å². The van der Waals surface area contributed by atoms with E-state index in [1.165, 1.54) is 12.1 Å². The smallest absolute Gasteiger partial charge is 0.191 e. The molecule has 18 heavy (non-hydrogen) atoms. The third-order valence-corrected chi connectivity index (χ3v) is 3.25. The van der Waals surface area contributed by atoms with Gasteiger partial charge in [0.15, 0.2) is 11.9 Å². The lowest BCUT2D eigenvalue weighted by Gasteiger charge is -2.46. The summed E-state index contributed by atoms with van der Waals surface area (Å²) < 4.78 is 4.93. The maximum Gasteiger partial charge on any atom is 0.191 e. The van der Waals surface area contributed by atoms with Gasteiger partial charge in [-0.3, -0.25) is 0 Å². The van der Waals surface area contributed by atoms with Crippen LogP contribution in [0.1, 0.15) is 5.56 Å². The second-order valence-corrected chi connectivity index (χ2v) is 4.34. The molecule has 0 amide bonds. The lowest BCUT2D eigenvalue weighted by molar-refractivity contribution is -0.335. The molecule has 1 aromatic rings. The van der Waals surface area contributed by atoms with Crippen LogP contribution in [-0.2, 0) is 10.3 Å². The minimum absolute atomic E-state index is 0.223. The fraction of sp³-hybridized carbons (Fsp3) is 0.500. The van der Waals surface area contributed by atoms with Gasteiger partial charge in [0, 0.05) is 0 Å². The van der Waals surface area contributed by atoms with Crippen molar-refractivity contribution in [2.75, 3.05) is 6.61 Å². The standard InChI is InChI=1S/C12H16O6/c13-6-8-9(14)10(15)12(17,11(16)18-8)7-4-2-1-3-5-7/h1-5,8-11,13-17H,6H2/t8-,9-,10+,11-,12-/m1/s1. The van der Waals surface area contributed by atoms with Crippen LogP contribution >= 0.6 is 0 Å². The third-order valence-electron chi connectivity index (χ3n) is 3.25. The number of aliphatic hydroxyl groups excluding tert-OH is 4. The largest absolute Gasteiger partial charge is 0.394 e. The Morgan fingerprint density at radius 1 is 1.11 bits per heavy atom. The summed E-state index contributed by atoms with van der Waals surface area (Å²) in [5.74, 6) is 0. The van der Waals surface area contributed by atoms with Crippen LogP contribution < -0.4 is 0 Å². The van der Waals surface area contributed by atoms with Crippen molar-refractivity contribution < 1.29 is 30.3 Å². The first-order chi connectivity index (χ1) is 8.51. The monoisotopic (exact) mass is 256 g/mol. The summed E-state index contributed by atoms with van der Waals surface area (Å²) in [6, 6.07) is 7.96. The summed E-state index contributed by atoms with van der Waals surface area (Å²) in [5.41, 5.74) is -1.91. The Balaban J connectivity index is 2.37. The first kappa shape index (κ1) is 13.4. The zero-order chi connectivity index (χ0) is 13.3. The highest BCUT2D eigenvalue weighted by molar-refractivity contribution is 5.26. The van der Waals surface area contributed by atoms with Gasteiger partial charge in [0.25, 0.3) is 0 Å². The third kappa shape index (κ3) is 1.93. The van der Waals surface area contributed by atoms with Crippen molar-refractivity contribution >= 4 is 0 Å². The van der Waals surface area contributed by atoms with Crippen LogP contribution in [0.2, 0.25) is 0 Å². The predicted molar refractivity (Wildman–Crippen MR) is 60.3 cm³/mol. The van der Waals surface area contributed by atoms with Crippen molar-refractivity contribution in [2.45, 2.75) is 30.2 Å². The molecule has 1 heterocycles. The van der Waals surface area contributed by atoms with Gasteiger partial charge in [-0.15, -0.1) is 0 Å². The molecule has 0 spiro atoms. The van der Waals surface area contributed by atoms with Crippen molar-refractivity contribution in [3.8, 4) is 0 Å². The molecule has 5 atom stereocenters. The predicted octanol–water partition coefficient (Wildman–Crippen LogP) is -1.69. The van der Waals surface area contributed by atoms with Crippen molar-refractivity contribution in [1.29, 1.82) is 0 Å². The Hall–Kier alpha value is -1.02. The van der Waals surface area contributed by atoms with E-state index in [1.807, 2.05) is 0 Å².